The van der Waals surface area contributed by atoms with Crippen LogP contribution in [0.3, 0.4) is 0 Å². The minimum Gasteiger partial charge on any atom is -0.497 e. The first-order valence-electron chi connectivity index (χ1n) is 7.83. The lowest BCUT2D eigenvalue weighted by atomic mass is 10.3. The average molecular weight is 368 g/mol. The second-order valence-electron chi connectivity index (χ2n) is 5.27. The molecule has 0 aliphatic rings. The Labute approximate surface area is 154 Å². The molecular weight excluding hydrogens is 352 g/mol. The van der Waals surface area contributed by atoms with E-state index < -0.39 is 4.92 Å². The SMILES string of the molecule is COc1ccc(Nc2ncc([N+](=O)[O-])c(Oc3ccc(OC)cc3)n2)cc1. The highest BCUT2D eigenvalue weighted by molar-refractivity contribution is 5.56. The molecule has 0 saturated heterocycles. The molecule has 9 heteroatoms. The smallest absolute Gasteiger partial charge is 0.349 e. The number of benzene rings is 2. The zero-order chi connectivity index (χ0) is 19.2. The number of methoxy groups -OCH3 is 2. The second kappa shape index (κ2) is 8.00. The van der Waals surface area contributed by atoms with Gasteiger partial charge in [-0.05, 0) is 48.5 Å². The van der Waals surface area contributed by atoms with E-state index in [4.69, 9.17) is 14.2 Å². The first-order chi connectivity index (χ1) is 13.1. The molecule has 1 aromatic heterocycles. The molecule has 0 atom stereocenters. The molecular formula is C18H16N4O5. The van der Waals surface area contributed by atoms with E-state index in [2.05, 4.69) is 15.3 Å². The number of nitrogens with zero attached hydrogens (tertiary/aromatic N) is 3. The van der Waals surface area contributed by atoms with Gasteiger partial charge in [0.2, 0.25) is 5.95 Å². The van der Waals surface area contributed by atoms with Crippen LogP contribution in [0.4, 0.5) is 17.3 Å². The van der Waals surface area contributed by atoms with Crippen molar-refractivity contribution in [3.63, 3.8) is 0 Å². The Balaban J connectivity index is 1.85. The molecule has 3 aromatic rings. The molecule has 1 heterocycles. The number of rotatable bonds is 7. The molecule has 3 rings (SSSR count). The van der Waals surface area contributed by atoms with E-state index in [0.29, 0.717) is 22.9 Å². The predicted molar refractivity (Wildman–Crippen MR) is 98.0 cm³/mol. The molecule has 1 N–H and O–H groups in total. The molecule has 138 valence electrons. The van der Waals surface area contributed by atoms with Gasteiger partial charge in [0, 0.05) is 5.69 Å². The van der Waals surface area contributed by atoms with E-state index in [0.717, 1.165) is 6.20 Å². The zero-order valence-corrected chi connectivity index (χ0v) is 14.6. The standard InChI is InChI=1S/C18H16N4O5/c1-25-13-5-3-12(4-6-13)20-18-19-11-16(22(23)24)17(21-18)27-15-9-7-14(26-2)8-10-15/h3-11H,1-2H3,(H,19,20,21). The highest BCUT2D eigenvalue weighted by Gasteiger charge is 2.20. The fraction of sp³-hybridized carbons (Fsp3) is 0.111. The van der Waals surface area contributed by atoms with Gasteiger partial charge in [0.15, 0.2) is 0 Å². The van der Waals surface area contributed by atoms with Gasteiger partial charge >= 0.3 is 11.6 Å². The van der Waals surface area contributed by atoms with Crippen molar-refractivity contribution in [1.82, 2.24) is 9.97 Å². The van der Waals surface area contributed by atoms with Crippen LogP contribution in [-0.2, 0) is 0 Å². The molecule has 2 aromatic carbocycles. The minimum atomic E-state index is -0.601. The van der Waals surface area contributed by atoms with Gasteiger partial charge in [-0.15, -0.1) is 0 Å². The Morgan fingerprint density at radius 1 is 0.926 bits per heavy atom. The molecule has 27 heavy (non-hydrogen) atoms. The van der Waals surface area contributed by atoms with Crippen molar-refractivity contribution in [2.75, 3.05) is 19.5 Å². The van der Waals surface area contributed by atoms with Crippen LogP contribution in [-0.4, -0.2) is 29.1 Å². The Morgan fingerprint density at radius 3 is 2.04 bits per heavy atom. The Kier molecular flexibility index (Phi) is 5.31. The largest absolute Gasteiger partial charge is 0.497 e. The summed E-state index contributed by atoms with van der Waals surface area (Å²) < 4.78 is 15.8. The van der Waals surface area contributed by atoms with Crippen molar-refractivity contribution >= 4 is 17.3 Å². The summed E-state index contributed by atoms with van der Waals surface area (Å²) >= 11 is 0. The summed E-state index contributed by atoms with van der Waals surface area (Å²) in [6.07, 6.45) is 1.09. The van der Waals surface area contributed by atoms with Crippen LogP contribution in [0.25, 0.3) is 0 Å². The predicted octanol–water partition coefficient (Wildman–Crippen LogP) is 3.94. The fourth-order valence-corrected chi connectivity index (χ4v) is 2.18. The summed E-state index contributed by atoms with van der Waals surface area (Å²) in [5, 5.41) is 14.2. The highest BCUT2D eigenvalue weighted by Crippen LogP contribution is 2.31. The molecule has 0 fully saturated rings. The van der Waals surface area contributed by atoms with Crippen molar-refractivity contribution in [3.05, 3.63) is 64.8 Å². The lowest BCUT2D eigenvalue weighted by Crippen LogP contribution is -2.02. The number of hydrogen-bond acceptors (Lipinski definition) is 8. The summed E-state index contributed by atoms with van der Waals surface area (Å²) in [4.78, 5) is 18.7. The molecule has 0 saturated carbocycles. The molecule has 0 radical (unpaired) electrons. The van der Waals surface area contributed by atoms with Crippen LogP contribution in [0.1, 0.15) is 0 Å². The van der Waals surface area contributed by atoms with E-state index in [9.17, 15) is 10.1 Å². The van der Waals surface area contributed by atoms with Gasteiger partial charge in [0.25, 0.3) is 0 Å². The average Bonchev–Trinajstić information content (AvgIpc) is 2.69. The van der Waals surface area contributed by atoms with E-state index in [-0.39, 0.29) is 17.5 Å². The fourth-order valence-electron chi connectivity index (χ4n) is 2.18. The number of ether oxygens (including phenoxy) is 3. The number of aromatic nitrogens is 2. The van der Waals surface area contributed by atoms with Gasteiger partial charge in [-0.1, -0.05) is 0 Å². The summed E-state index contributed by atoms with van der Waals surface area (Å²) in [6, 6.07) is 13.7. The number of hydrogen-bond donors (Lipinski definition) is 1. The van der Waals surface area contributed by atoms with E-state index >= 15 is 0 Å². The minimum absolute atomic E-state index is 0.161. The van der Waals surface area contributed by atoms with Crippen LogP contribution in [0.2, 0.25) is 0 Å². The Bertz CT molecular complexity index is 929. The van der Waals surface area contributed by atoms with E-state index in [1.807, 2.05) is 0 Å². The van der Waals surface area contributed by atoms with Crippen molar-refractivity contribution in [2.24, 2.45) is 0 Å². The summed E-state index contributed by atoms with van der Waals surface area (Å²) in [5.74, 6) is 1.72. The van der Waals surface area contributed by atoms with Crippen LogP contribution in [0.15, 0.2) is 54.7 Å². The quantitative estimate of drug-likeness (QED) is 0.493. The van der Waals surface area contributed by atoms with Crippen LogP contribution in [0.5, 0.6) is 23.1 Å². The van der Waals surface area contributed by atoms with Gasteiger partial charge in [-0.3, -0.25) is 10.1 Å². The molecule has 9 nitrogen and oxygen atoms in total. The lowest BCUT2D eigenvalue weighted by Gasteiger charge is -2.09. The number of nitro groups is 1. The Morgan fingerprint density at radius 2 is 1.48 bits per heavy atom. The third-order valence-electron chi connectivity index (χ3n) is 3.55. The van der Waals surface area contributed by atoms with Gasteiger partial charge < -0.3 is 19.5 Å². The number of anilines is 2. The van der Waals surface area contributed by atoms with Gasteiger partial charge in [0.05, 0.1) is 19.1 Å². The highest BCUT2D eigenvalue weighted by atomic mass is 16.6. The normalized spacial score (nSPS) is 10.1. The van der Waals surface area contributed by atoms with Gasteiger partial charge in [0.1, 0.15) is 23.4 Å². The van der Waals surface area contributed by atoms with Crippen molar-refractivity contribution in [1.29, 1.82) is 0 Å². The third-order valence-corrected chi connectivity index (χ3v) is 3.55. The number of nitrogens with one attached hydrogen (secondary N) is 1. The zero-order valence-electron chi connectivity index (χ0n) is 14.6. The first-order valence-corrected chi connectivity index (χ1v) is 7.83. The maximum absolute atomic E-state index is 11.2. The molecule has 0 amide bonds. The summed E-state index contributed by atoms with van der Waals surface area (Å²) in [6.45, 7) is 0. The molecule has 0 aliphatic carbocycles. The van der Waals surface area contributed by atoms with Crippen LogP contribution >= 0.6 is 0 Å². The maximum Gasteiger partial charge on any atom is 0.349 e. The second-order valence-corrected chi connectivity index (χ2v) is 5.27. The van der Waals surface area contributed by atoms with E-state index in [1.165, 1.54) is 0 Å². The van der Waals surface area contributed by atoms with Gasteiger partial charge in [-0.25, -0.2) is 4.98 Å². The van der Waals surface area contributed by atoms with E-state index in [1.54, 1.807) is 62.8 Å². The Hall–Kier alpha value is -3.88. The third kappa shape index (κ3) is 4.40. The molecule has 0 aliphatic heterocycles. The monoisotopic (exact) mass is 368 g/mol. The molecule has 0 spiro atoms. The van der Waals surface area contributed by atoms with Crippen LogP contribution in [0, 0.1) is 10.1 Å². The first kappa shape index (κ1) is 17.9. The topological polar surface area (TPSA) is 109 Å². The van der Waals surface area contributed by atoms with Gasteiger partial charge in [-0.2, -0.15) is 4.98 Å². The molecule has 0 bridgehead atoms. The maximum atomic E-state index is 11.2. The van der Waals surface area contributed by atoms with Crippen molar-refractivity contribution in [3.8, 4) is 23.1 Å². The van der Waals surface area contributed by atoms with Crippen molar-refractivity contribution in [2.45, 2.75) is 0 Å². The molecule has 0 unspecified atom stereocenters. The van der Waals surface area contributed by atoms with Crippen LogP contribution < -0.4 is 19.5 Å². The summed E-state index contributed by atoms with van der Waals surface area (Å²) in [5.41, 5.74) is 0.353. The lowest BCUT2D eigenvalue weighted by molar-refractivity contribution is -0.386. The van der Waals surface area contributed by atoms with Crippen molar-refractivity contribution < 1.29 is 19.1 Å². The summed E-state index contributed by atoms with van der Waals surface area (Å²) in [7, 11) is 3.12.